The quantitative estimate of drug-likeness (QED) is 0.0589. The molecule has 2 aliphatic rings. The highest BCUT2D eigenvalue weighted by atomic mass is 16.7. The number of hydrogen-bond donors (Lipinski definition) is 2. The van der Waals surface area contributed by atoms with Gasteiger partial charge in [-0.25, -0.2) is 5.06 Å². The highest BCUT2D eigenvalue weighted by Gasteiger charge is 2.54. The van der Waals surface area contributed by atoms with Gasteiger partial charge in [-0.05, 0) is 101 Å². The fourth-order valence-electron chi connectivity index (χ4n) is 13.0. The van der Waals surface area contributed by atoms with E-state index in [1.165, 1.54) is 57.5 Å². The summed E-state index contributed by atoms with van der Waals surface area (Å²) in [5, 5.41) is 6.68. The second kappa shape index (κ2) is 41.7. The first-order chi connectivity index (χ1) is 44.8. The Balaban J connectivity index is 2.37. The van der Waals surface area contributed by atoms with Crippen molar-refractivity contribution in [2.45, 2.75) is 262 Å². The third kappa shape index (κ3) is 25.3. The van der Waals surface area contributed by atoms with Crippen LogP contribution < -0.4 is 10.6 Å². The molecule has 0 aromatic heterocycles. The number of carbonyl (C=O) groups excluding carboxylic acids is 11. The van der Waals surface area contributed by atoms with Crippen molar-refractivity contribution in [3.05, 3.63) is 0 Å². The van der Waals surface area contributed by atoms with Gasteiger partial charge in [0.05, 0.1) is 25.4 Å². The number of hydrogen-bond acceptors (Lipinski definition) is 15. The normalized spacial score (nSPS) is 18.6. The SMILES string of the molecule is CCCCC[C@@H](C)[C@H]1ON(C(=O)[C@H](C(C)C)N(C)C(=O)[C@H](CC(C)C)N(C)C(=O)[C@H](CC(C)C)N(C)C(=O)[C@@H](C)NC(=O)[C@H](C)CC(=O)[C@H](CC(C)C)N(C)C(=O)[C@@H](CC(=O)[C@H]([C@@H](C)OCCCCN2CCOCC2)N(C)C(=O)CC)C(C)C)[C@@H]1C(=O)N[C@@H](CC)C(=O)N(C)C. The van der Waals surface area contributed by atoms with E-state index in [9.17, 15) is 43.2 Å². The van der Waals surface area contributed by atoms with Crippen molar-refractivity contribution in [2.75, 3.05) is 88.8 Å². The zero-order valence-electron chi connectivity index (χ0n) is 63.6. The van der Waals surface area contributed by atoms with Crippen molar-refractivity contribution in [1.29, 1.82) is 0 Å². The number of likely N-dealkylation sites (N-methyl/N-ethyl adjacent to an activating group) is 6. The first-order valence-electron chi connectivity index (χ1n) is 35.9. The summed E-state index contributed by atoms with van der Waals surface area (Å²) in [6.45, 7) is 35.6. The number of morpholine rings is 1. The van der Waals surface area contributed by atoms with E-state index in [1.54, 1.807) is 69.7 Å². The van der Waals surface area contributed by atoms with Gasteiger partial charge in [0, 0.05) is 100 Å². The number of amides is 9. The molecule has 0 radical (unpaired) electrons. The Bertz CT molecular complexity index is 2520. The Morgan fingerprint density at radius 2 is 1.08 bits per heavy atom. The van der Waals surface area contributed by atoms with Crippen molar-refractivity contribution in [1.82, 2.24) is 50.0 Å². The van der Waals surface area contributed by atoms with E-state index in [0.717, 1.165) is 63.2 Å². The molecule has 0 aliphatic carbocycles. The highest BCUT2D eigenvalue weighted by molar-refractivity contribution is 5.99. The van der Waals surface area contributed by atoms with Gasteiger partial charge in [-0.3, -0.25) is 62.5 Å². The summed E-state index contributed by atoms with van der Waals surface area (Å²) in [6, 6.07) is -8.38. The molecule has 0 unspecified atom stereocenters. The Morgan fingerprint density at radius 3 is 1.58 bits per heavy atom. The third-order valence-electron chi connectivity index (χ3n) is 19.2. The maximum absolute atomic E-state index is 15.1. The van der Waals surface area contributed by atoms with E-state index < -0.39 is 120 Å². The summed E-state index contributed by atoms with van der Waals surface area (Å²) in [7, 11) is 10.8. The van der Waals surface area contributed by atoms with Crippen LogP contribution >= 0.6 is 0 Å². The average molecular weight is 1360 g/mol. The van der Waals surface area contributed by atoms with Crippen molar-refractivity contribution in [2.24, 2.45) is 47.3 Å². The van der Waals surface area contributed by atoms with E-state index in [-0.39, 0.29) is 91.5 Å². The van der Waals surface area contributed by atoms with Gasteiger partial charge in [-0.1, -0.05) is 123 Å². The predicted molar refractivity (Wildman–Crippen MR) is 372 cm³/mol. The molecule has 0 aromatic carbocycles. The average Bonchev–Trinajstić information content (AvgIpc) is 0.757. The molecule has 13 atom stereocenters. The van der Waals surface area contributed by atoms with E-state index in [0.29, 0.717) is 26.2 Å². The second-order valence-electron chi connectivity index (χ2n) is 29.6. The summed E-state index contributed by atoms with van der Waals surface area (Å²) in [4.78, 5) is 175. The lowest BCUT2D eigenvalue weighted by atomic mass is 9.85. The molecule has 96 heavy (non-hydrogen) atoms. The molecule has 24 heteroatoms. The maximum Gasteiger partial charge on any atom is 0.270 e. The lowest BCUT2D eigenvalue weighted by Crippen LogP contribution is -2.71. The number of ether oxygens (including phenoxy) is 2. The van der Waals surface area contributed by atoms with Gasteiger partial charge in [0.2, 0.25) is 47.3 Å². The minimum absolute atomic E-state index is 0.0546. The highest BCUT2D eigenvalue weighted by Crippen LogP contribution is 2.35. The van der Waals surface area contributed by atoms with Crippen LogP contribution in [0.3, 0.4) is 0 Å². The first-order valence-corrected chi connectivity index (χ1v) is 35.9. The number of nitrogens with zero attached hydrogens (tertiary/aromatic N) is 8. The maximum atomic E-state index is 15.1. The van der Waals surface area contributed by atoms with Crippen LogP contribution in [-0.2, 0) is 67.1 Å². The Morgan fingerprint density at radius 1 is 0.552 bits per heavy atom. The molecule has 2 rings (SSSR count). The molecule has 0 saturated carbocycles. The van der Waals surface area contributed by atoms with Gasteiger partial charge in [0.25, 0.3) is 5.91 Å². The summed E-state index contributed by atoms with van der Waals surface area (Å²) in [6.07, 6.45) is 4.58. The molecule has 552 valence electrons. The second-order valence-corrected chi connectivity index (χ2v) is 29.6. The summed E-state index contributed by atoms with van der Waals surface area (Å²) >= 11 is 0. The summed E-state index contributed by atoms with van der Waals surface area (Å²) in [5.74, 6) is -8.18. The van der Waals surface area contributed by atoms with Gasteiger partial charge in [-0.2, -0.15) is 0 Å². The molecular weight excluding hydrogens is 1230 g/mol. The van der Waals surface area contributed by atoms with Crippen LogP contribution in [0.15, 0.2) is 0 Å². The van der Waals surface area contributed by atoms with Crippen LogP contribution in [0.5, 0.6) is 0 Å². The number of Topliss-reactive ketones (excluding diaryl/α,β-unsaturated/α-hetero) is 2. The molecule has 0 bridgehead atoms. The van der Waals surface area contributed by atoms with Crippen LogP contribution in [0.4, 0.5) is 0 Å². The third-order valence-corrected chi connectivity index (χ3v) is 19.2. The first kappa shape index (κ1) is 86.5. The molecule has 0 aromatic rings. The van der Waals surface area contributed by atoms with Gasteiger partial charge in [0.1, 0.15) is 42.4 Å². The largest absolute Gasteiger partial charge is 0.379 e. The number of hydroxylamine groups is 2. The topological polar surface area (TPSA) is 265 Å². The minimum Gasteiger partial charge on any atom is -0.379 e. The van der Waals surface area contributed by atoms with Gasteiger partial charge >= 0.3 is 0 Å². The van der Waals surface area contributed by atoms with Crippen molar-refractivity contribution >= 4 is 64.7 Å². The Hall–Kier alpha value is -5.59. The Labute approximate surface area is 577 Å². The molecule has 2 aliphatic heterocycles. The van der Waals surface area contributed by atoms with E-state index in [2.05, 4.69) is 22.5 Å². The number of nitrogens with one attached hydrogen (secondary N) is 2. The molecule has 24 nitrogen and oxygen atoms in total. The standard InChI is InChI=1S/C72H130N10O14/c1-25-28-29-32-49(14)64-63(66(87)74-54(26-2)69(90)75(18)19)82(96-64)72(93)61(48(12)13)80(24)71(92)57(41-46(8)9)78(22)70(91)56(40-45(6)7)77(21)67(88)51(16)73-65(86)50(15)42-58(83)55(39-44(4)5)76(20)68(89)53(47(10)11)43-59(84)62(79(23)60(85)27-3)52(17)95-36-31-30-33-81-34-37-94-38-35-81/h44-57,61-64H,25-43H2,1-24H3,(H,73,86)(H,74,87)/t49-,50-,51-,52-,53+,54+,55+,56+,57+,61+,62+,63+,64-/m1/s1. The van der Waals surface area contributed by atoms with Crippen molar-refractivity contribution in [3.8, 4) is 0 Å². The molecule has 2 fully saturated rings. The van der Waals surface area contributed by atoms with Gasteiger partial charge < -0.3 is 49.5 Å². The molecule has 2 heterocycles. The van der Waals surface area contributed by atoms with Crippen LogP contribution in [-0.4, -0.2) is 253 Å². The van der Waals surface area contributed by atoms with E-state index in [1.807, 2.05) is 62.3 Å². The molecule has 2 saturated heterocycles. The Kier molecular flexibility index (Phi) is 37.6. The lowest BCUT2D eigenvalue weighted by Gasteiger charge is -2.50. The van der Waals surface area contributed by atoms with E-state index >= 15 is 9.59 Å². The monoisotopic (exact) mass is 1360 g/mol. The van der Waals surface area contributed by atoms with Crippen LogP contribution in [0.25, 0.3) is 0 Å². The van der Waals surface area contributed by atoms with E-state index in [4.69, 9.17) is 14.3 Å². The number of unbranched alkanes of at least 4 members (excludes halogenated alkanes) is 3. The molecular formula is C72H130N10O14. The van der Waals surface area contributed by atoms with Crippen LogP contribution in [0.2, 0.25) is 0 Å². The van der Waals surface area contributed by atoms with Crippen LogP contribution in [0, 0.1) is 47.3 Å². The van der Waals surface area contributed by atoms with Gasteiger partial charge in [-0.15, -0.1) is 0 Å². The lowest BCUT2D eigenvalue weighted by molar-refractivity contribution is -0.322. The smallest absolute Gasteiger partial charge is 0.270 e. The molecule has 2 N–H and O–H groups in total. The number of rotatable bonds is 43. The molecule has 0 spiro atoms. The van der Waals surface area contributed by atoms with Gasteiger partial charge in [0.15, 0.2) is 17.6 Å². The number of carbonyl (C=O) groups is 11. The zero-order valence-corrected chi connectivity index (χ0v) is 63.6. The van der Waals surface area contributed by atoms with Crippen LogP contribution in [0.1, 0.15) is 201 Å². The number of ketones is 2. The fourth-order valence-corrected chi connectivity index (χ4v) is 13.0. The predicted octanol–water partition coefficient (Wildman–Crippen LogP) is 6.89. The minimum atomic E-state index is -1.18. The summed E-state index contributed by atoms with van der Waals surface area (Å²) in [5.41, 5.74) is 0. The van der Waals surface area contributed by atoms with Crippen molar-refractivity contribution in [3.63, 3.8) is 0 Å². The van der Waals surface area contributed by atoms with Crippen molar-refractivity contribution < 1.29 is 67.1 Å². The fraction of sp³-hybridized carbons (Fsp3) is 0.847. The zero-order chi connectivity index (χ0) is 73.3. The molecule has 9 amide bonds. The summed E-state index contributed by atoms with van der Waals surface area (Å²) < 4.78 is 11.7.